The molecule has 4 aromatic rings. The minimum absolute atomic E-state index is 0. The molecule has 2 radical (unpaired) electrons. The molecule has 4 aliphatic heterocycles. The fraction of sp³-hybridized carbons (Fsp3) is 0.588. The second-order valence-electron chi connectivity index (χ2n) is 26.5. The largest absolute Gasteiger partial charge is 0.493 e. The molecular weight excluding hydrogens is 1540 g/mol. The molecular formula is C68H90F16O12S4V2-2. The average Bonchev–Trinajstić information content (AvgIpc) is 1.34. The zero-order valence-corrected chi connectivity index (χ0v) is 65.5. The third kappa shape index (κ3) is 28.6. The fourth-order valence-corrected chi connectivity index (χ4v) is 12.9. The summed E-state index contributed by atoms with van der Waals surface area (Å²) < 4.78 is 274. The summed E-state index contributed by atoms with van der Waals surface area (Å²) in [7, 11) is -4.85. The Kier molecular flexibility index (Phi) is 39.0. The first-order valence-electron chi connectivity index (χ1n) is 30.3. The van der Waals surface area contributed by atoms with E-state index in [9.17, 15) is 107 Å². The van der Waals surface area contributed by atoms with Gasteiger partial charge >= 0.3 is 24.7 Å². The zero-order chi connectivity index (χ0) is 75.5. The van der Waals surface area contributed by atoms with Crippen LogP contribution in [0.3, 0.4) is 0 Å². The van der Waals surface area contributed by atoms with Crippen LogP contribution in [0.25, 0.3) is 0 Å². The van der Waals surface area contributed by atoms with E-state index in [0.717, 1.165) is 48.3 Å². The van der Waals surface area contributed by atoms with E-state index in [2.05, 4.69) is 0 Å². The van der Waals surface area contributed by atoms with E-state index in [4.69, 9.17) is 18.9 Å². The van der Waals surface area contributed by atoms with Crippen LogP contribution in [0.4, 0.5) is 70.2 Å². The van der Waals surface area contributed by atoms with Crippen LogP contribution in [-0.2, 0) is 137 Å². The average molecular weight is 1630 g/mol. The molecule has 582 valence electrons. The van der Waals surface area contributed by atoms with E-state index < -0.39 is 173 Å². The molecule has 8 rings (SSSR count). The third-order valence-corrected chi connectivity index (χ3v) is 19.4. The van der Waals surface area contributed by atoms with E-state index >= 15 is 0 Å². The van der Waals surface area contributed by atoms with Crippen LogP contribution in [0, 0.1) is 38.1 Å². The quantitative estimate of drug-likeness (QED) is 0.0712. The summed E-state index contributed by atoms with van der Waals surface area (Å²) in [6.07, 6.45) is -15.0. The normalized spacial score (nSPS) is 16.1. The summed E-state index contributed by atoms with van der Waals surface area (Å²) in [5.41, 5.74) is -7.39. The van der Waals surface area contributed by atoms with Crippen molar-refractivity contribution in [1.82, 2.24) is 0 Å². The number of hydrogen-bond acceptors (Lipinski definition) is 12. The first kappa shape index (κ1) is 100. The SMILES string of the molecule is CC(C)(CC(=O)C(F)(F)F)c1cc(F)cc2c1OCC2.CC(C)(CC(=O)C(F)(F)F)c1cc(F)cc2c1OCC2.CC[S@@](C)=O.CC[S@](C)=O.C[S@@](=O)C[C@@](O)(CC(C)(C)c1cc(F)cc2c1OCC2)C(F)(F)F.C[S@](=O)C[C@](O)(CC(C)(C)c1cc(F)cc2c1OCC2)C(F)(F)F.[CH3-].[CH3-].[V].[V]. The maximum atomic E-state index is 13.8. The van der Waals surface area contributed by atoms with Gasteiger partial charge in [-0.15, -0.1) is 0 Å². The number of aliphatic hydroxyl groups is 2. The molecule has 34 heteroatoms. The molecule has 0 spiro atoms. The van der Waals surface area contributed by atoms with Gasteiger partial charge in [0, 0.05) is 211 Å². The van der Waals surface area contributed by atoms with Crippen LogP contribution in [0.15, 0.2) is 48.5 Å². The van der Waals surface area contributed by atoms with E-state index in [-0.39, 0.29) is 63.1 Å². The second-order valence-corrected chi connectivity index (χ2v) is 32.8. The van der Waals surface area contributed by atoms with Gasteiger partial charge in [-0.05, 0) is 72.2 Å². The molecule has 0 amide bonds. The number of halogens is 16. The first-order chi connectivity index (χ1) is 44.5. The molecule has 4 heterocycles. The van der Waals surface area contributed by atoms with Gasteiger partial charge in [-0.2, -0.15) is 52.7 Å². The monoisotopic (exact) mass is 1630 g/mol. The number of hydrogen-bond donors (Lipinski definition) is 2. The van der Waals surface area contributed by atoms with Crippen molar-refractivity contribution in [2.75, 3.05) is 74.5 Å². The fourth-order valence-electron chi connectivity index (χ4n) is 11.1. The molecule has 0 aromatic heterocycles. The molecule has 0 fully saturated rings. The van der Waals surface area contributed by atoms with Crippen molar-refractivity contribution in [3.8, 4) is 23.0 Å². The molecule has 6 atom stereocenters. The van der Waals surface area contributed by atoms with Crippen LogP contribution in [0.2, 0.25) is 0 Å². The van der Waals surface area contributed by atoms with Crippen LogP contribution in [0.5, 0.6) is 23.0 Å². The third-order valence-electron chi connectivity index (χ3n) is 16.0. The molecule has 4 aliphatic rings. The van der Waals surface area contributed by atoms with Gasteiger partial charge in [-0.3, -0.25) is 26.4 Å². The molecule has 12 nitrogen and oxygen atoms in total. The van der Waals surface area contributed by atoms with Crippen molar-refractivity contribution in [2.45, 2.75) is 178 Å². The van der Waals surface area contributed by atoms with Gasteiger partial charge in [0.25, 0.3) is 0 Å². The Morgan fingerprint density at radius 1 is 0.392 bits per heavy atom. The van der Waals surface area contributed by atoms with Gasteiger partial charge < -0.3 is 44.0 Å². The number of alkyl halides is 12. The number of ether oxygens (including phenoxy) is 4. The van der Waals surface area contributed by atoms with Crippen molar-refractivity contribution in [1.29, 1.82) is 0 Å². The summed E-state index contributed by atoms with van der Waals surface area (Å²) in [4.78, 5) is 22.4. The van der Waals surface area contributed by atoms with Gasteiger partial charge in [0.2, 0.25) is 11.6 Å². The Morgan fingerprint density at radius 2 is 0.588 bits per heavy atom. The van der Waals surface area contributed by atoms with Crippen molar-refractivity contribution >= 4 is 54.8 Å². The molecule has 0 bridgehead atoms. The molecule has 102 heavy (non-hydrogen) atoms. The standard InChI is InChI=1S/2C16H20F4O3S.2C14H14F4O2.2C3H8OS.2CH3.2V/c2*1-14(2,8-15(21,9-24(3)22)16(18,19)20)12-7-11(17)6-10-4-5-23-13(10)12;2*1-13(2,7-11(19)14(16,17)18)10-6-9(15)5-8-3-4-20-12(8)10;2*1-3-5(2)4;;;;/h2*6-7,21H,4-5,8-9H2,1-3H3;2*5-6H,3-4,7H2,1-2H3;2*3H2,1-2H3;2*1H3;;/q;;;;;;2*-1;;/t2*15-,24+;;;2*5-;;;;/m10..10..../s1. The zero-order valence-electron chi connectivity index (χ0n) is 59.5. The summed E-state index contributed by atoms with van der Waals surface area (Å²) in [6.45, 7) is 17.1. The Hall–Kier alpha value is -4.01. The Bertz CT molecular complexity index is 3320. The van der Waals surface area contributed by atoms with Crippen LogP contribution in [-0.4, -0.2) is 149 Å². The van der Waals surface area contributed by atoms with Crippen molar-refractivity contribution in [3.63, 3.8) is 0 Å². The number of fused-ring (bicyclic) bond motifs is 4. The predicted molar refractivity (Wildman–Crippen MR) is 357 cm³/mol. The maximum absolute atomic E-state index is 13.8. The summed E-state index contributed by atoms with van der Waals surface area (Å²) in [6, 6.07) is 9.81. The predicted octanol–water partition coefficient (Wildman–Crippen LogP) is 15.0. The Balaban J connectivity index is 0. The van der Waals surface area contributed by atoms with Gasteiger partial charge in [0.05, 0.1) is 37.9 Å². The second kappa shape index (κ2) is 39.7. The van der Waals surface area contributed by atoms with Gasteiger partial charge in [0.1, 0.15) is 46.3 Å². The Morgan fingerprint density at radius 3 is 0.755 bits per heavy atom. The Labute approximate surface area is 620 Å². The summed E-state index contributed by atoms with van der Waals surface area (Å²) in [5, 5.41) is 20.4. The molecule has 0 saturated carbocycles. The van der Waals surface area contributed by atoms with Crippen molar-refractivity contribution < 1.29 is 163 Å². The van der Waals surface area contributed by atoms with E-state index in [1.54, 1.807) is 12.5 Å². The number of rotatable bonds is 18. The molecule has 2 N–H and O–H groups in total. The van der Waals surface area contributed by atoms with E-state index in [0.29, 0.717) is 108 Å². The summed E-state index contributed by atoms with van der Waals surface area (Å²) in [5.74, 6) is -4.55. The topological polar surface area (TPSA) is 180 Å². The van der Waals surface area contributed by atoms with Crippen LogP contribution in [0.1, 0.15) is 139 Å². The maximum Gasteiger partial charge on any atom is 0.450 e. The van der Waals surface area contributed by atoms with Crippen molar-refractivity contribution in [2.24, 2.45) is 0 Å². The molecule has 0 aliphatic carbocycles. The van der Waals surface area contributed by atoms with Gasteiger partial charge in [0.15, 0.2) is 11.2 Å². The minimum Gasteiger partial charge on any atom is -0.493 e. The number of benzene rings is 4. The number of carbonyl (C=O) groups excluding carboxylic acids is 2. The molecule has 0 unspecified atom stereocenters. The molecule has 0 saturated heterocycles. The van der Waals surface area contributed by atoms with Gasteiger partial charge in [-0.25, -0.2) is 17.6 Å². The molecule has 4 aromatic carbocycles. The minimum atomic E-state index is -4.95. The van der Waals surface area contributed by atoms with Crippen LogP contribution < -0.4 is 18.9 Å². The smallest absolute Gasteiger partial charge is 0.450 e. The summed E-state index contributed by atoms with van der Waals surface area (Å²) >= 11 is 0. The number of ketones is 2. The van der Waals surface area contributed by atoms with Crippen LogP contribution >= 0.6 is 0 Å². The van der Waals surface area contributed by atoms with E-state index in [1.165, 1.54) is 79.7 Å². The van der Waals surface area contributed by atoms with Gasteiger partial charge in [-0.1, -0.05) is 69.2 Å². The number of Topliss-reactive ketones (excluding diaryl/α,β-unsaturated/α-hetero) is 2. The van der Waals surface area contributed by atoms with E-state index in [1.807, 2.05) is 13.8 Å². The first-order valence-corrected chi connectivity index (χ1v) is 37.2. The number of carbonyl (C=O) groups is 2. The van der Waals surface area contributed by atoms with Crippen molar-refractivity contribution in [3.05, 3.63) is 131 Å².